The third kappa shape index (κ3) is 3.55. The van der Waals surface area contributed by atoms with E-state index in [1.807, 2.05) is 31.5 Å². The molecule has 100 valence electrons. The number of benzene rings is 1. The third-order valence-corrected chi connectivity index (χ3v) is 3.71. The van der Waals surface area contributed by atoms with Gasteiger partial charge in [0.2, 0.25) is 0 Å². The quantitative estimate of drug-likeness (QED) is 0.937. The predicted octanol–water partition coefficient (Wildman–Crippen LogP) is 3.50. The zero-order valence-corrected chi connectivity index (χ0v) is 12.8. The lowest BCUT2D eigenvalue weighted by atomic mass is 10.1. The SMILES string of the molecule is C[C@@H](N)c1ccc(N(C)Cc2ccncc2)c(Br)c1. The fraction of sp³-hybridized carbons (Fsp3) is 0.267. The molecule has 0 fully saturated rings. The molecule has 1 atom stereocenters. The minimum atomic E-state index is 0.0517. The van der Waals surface area contributed by atoms with E-state index in [4.69, 9.17) is 5.73 Å². The van der Waals surface area contributed by atoms with Crippen molar-refractivity contribution in [2.75, 3.05) is 11.9 Å². The molecule has 0 unspecified atom stereocenters. The monoisotopic (exact) mass is 319 g/mol. The van der Waals surface area contributed by atoms with E-state index in [-0.39, 0.29) is 6.04 Å². The molecule has 19 heavy (non-hydrogen) atoms. The van der Waals surface area contributed by atoms with E-state index in [9.17, 15) is 0 Å². The molecule has 0 bridgehead atoms. The minimum absolute atomic E-state index is 0.0517. The lowest BCUT2D eigenvalue weighted by Crippen LogP contribution is -2.17. The molecule has 1 aromatic heterocycles. The highest BCUT2D eigenvalue weighted by molar-refractivity contribution is 9.10. The van der Waals surface area contributed by atoms with Crippen molar-refractivity contribution in [3.63, 3.8) is 0 Å². The Morgan fingerprint density at radius 1 is 1.26 bits per heavy atom. The van der Waals surface area contributed by atoms with Crippen LogP contribution in [0.2, 0.25) is 0 Å². The van der Waals surface area contributed by atoms with E-state index in [1.54, 1.807) is 0 Å². The Bertz CT molecular complexity index is 540. The highest BCUT2D eigenvalue weighted by Crippen LogP contribution is 2.29. The Morgan fingerprint density at radius 2 is 1.95 bits per heavy atom. The number of pyridine rings is 1. The molecule has 2 rings (SSSR count). The van der Waals surface area contributed by atoms with Crippen molar-refractivity contribution in [1.82, 2.24) is 4.98 Å². The van der Waals surface area contributed by atoms with Crippen molar-refractivity contribution in [2.24, 2.45) is 5.73 Å². The van der Waals surface area contributed by atoms with Crippen molar-refractivity contribution in [3.05, 3.63) is 58.3 Å². The molecule has 0 saturated carbocycles. The first-order valence-corrected chi connectivity index (χ1v) is 7.02. The Kier molecular flexibility index (Phi) is 4.56. The number of nitrogens with zero attached hydrogens (tertiary/aromatic N) is 2. The molecule has 0 saturated heterocycles. The van der Waals surface area contributed by atoms with Crippen LogP contribution in [0.5, 0.6) is 0 Å². The van der Waals surface area contributed by atoms with Gasteiger partial charge in [-0.15, -0.1) is 0 Å². The molecule has 0 aliphatic heterocycles. The van der Waals surface area contributed by atoms with Crippen molar-refractivity contribution < 1.29 is 0 Å². The predicted molar refractivity (Wildman–Crippen MR) is 83.1 cm³/mol. The second kappa shape index (κ2) is 6.17. The number of anilines is 1. The Morgan fingerprint density at radius 3 is 2.53 bits per heavy atom. The van der Waals surface area contributed by atoms with Crippen LogP contribution in [0, 0.1) is 0 Å². The smallest absolute Gasteiger partial charge is 0.0511 e. The van der Waals surface area contributed by atoms with Crippen molar-refractivity contribution in [2.45, 2.75) is 19.5 Å². The van der Waals surface area contributed by atoms with Crippen LogP contribution in [0.15, 0.2) is 47.2 Å². The average molecular weight is 320 g/mol. The Balaban J connectivity index is 2.17. The number of hydrogen-bond donors (Lipinski definition) is 1. The van der Waals surface area contributed by atoms with E-state index in [0.717, 1.165) is 22.3 Å². The Labute approximate surface area is 122 Å². The summed E-state index contributed by atoms with van der Waals surface area (Å²) in [5.74, 6) is 0. The first-order valence-electron chi connectivity index (χ1n) is 6.23. The van der Waals surface area contributed by atoms with Crippen LogP contribution in [0.1, 0.15) is 24.1 Å². The number of nitrogens with two attached hydrogens (primary N) is 1. The summed E-state index contributed by atoms with van der Waals surface area (Å²) in [6, 6.07) is 10.4. The van der Waals surface area contributed by atoms with E-state index in [0.29, 0.717) is 0 Å². The standard InChI is InChI=1S/C15H18BrN3/c1-11(17)13-3-4-15(14(16)9-13)19(2)10-12-5-7-18-8-6-12/h3-9,11H,10,17H2,1-2H3/t11-/m1/s1. The van der Waals surface area contributed by atoms with Gasteiger partial charge in [-0.2, -0.15) is 0 Å². The van der Waals surface area contributed by atoms with Gasteiger partial charge in [0.1, 0.15) is 0 Å². The summed E-state index contributed by atoms with van der Waals surface area (Å²) in [7, 11) is 2.08. The summed E-state index contributed by atoms with van der Waals surface area (Å²) >= 11 is 3.62. The summed E-state index contributed by atoms with van der Waals surface area (Å²) in [5.41, 5.74) is 9.41. The van der Waals surface area contributed by atoms with Gasteiger partial charge in [-0.05, 0) is 58.2 Å². The number of halogens is 1. The molecule has 3 nitrogen and oxygen atoms in total. The van der Waals surface area contributed by atoms with Crippen LogP contribution in [0.4, 0.5) is 5.69 Å². The first-order chi connectivity index (χ1) is 9.08. The van der Waals surface area contributed by atoms with Gasteiger partial charge in [0.25, 0.3) is 0 Å². The zero-order valence-electron chi connectivity index (χ0n) is 11.2. The molecular formula is C15H18BrN3. The molecule has 0 aliphatic rings. The van der Waals surface area contributed by atoms with Crippen LogP contribution in [0.3, 0.4) is 0 Å². The van der Waals surface area contributed by atoms with Crippen molar-refractivity contribution in [1.29, 1.82) is 0 Å². The molecule has 0 aliphatic carbocycles. The first kappa shape index (κ1) is 14.0. The second-order valence-electron chi connectivity index (χ2n) is 4.71. The van der Waals surface area contributed by atoms with Gasteiger partial charge in [0.15, 0.2) is 0 Å². The van der Waals surface area contributed by atoms with Gasteiger partial charge >= 0.3 is 0 Å². The van der Waals surface area contributed by atoms with Gasteiger partial charge in [0.05, 0.1) is 5.69 Å². The second-order valence-corrected chi connectivity index (χ2v) is 5.57. The zero-order chi connectivity index (χ0) is 13.8. The molecule has 2 N–H and O–H groups in total. The van der Waals surface area contributed by atoms with Gasteiger partial charge < -0.3 is 10.6 Å². The normalized spacial score (nSPS) is 12.2. The topological polar surface area (TPSA) is 42.1 Å². The largest absolute Gasteiger partial charge is 0.369 e. The maximum absolute atomic E-state index is 5.89. The Hall–Kier alpha value is -1.39. The minimum Gasteiger partial charge on any atom is -0.369 e. The fourth-order valence-electron chi connectivity index (χ4n) is 1.96. The van der Waals surface area contributed by atoms with Crippen LogP contribution < -0.4 is 10.6 Å². The van der Waals surface area contributed by atoms with E-state index in [2.05, 4.69) is 51.1 Å². The maximum atomic E-state index is 5.89. The highest BCUT2D eigenvalue weighted by Gasteiger charge is 2.08. The molecule has 0 spiro atoms. The van der Waals surface area contributed by atoms with E-state index >= 15 is 0 Å². The molecule has 4 heteroatoms. The van der Waals surface area contributed by atoms with Gasteiger partial charge in [-0.3, -0.25) is 4.98 Å². The third-order valence-electron chi connectivity index (χ3n) is 3.08. The highest BCUT2D eigenvalue weighted by atomic mass is 79.9. The van der Waals surface area contributed by atoms with Gasteiger partial charge in [0, 0.05) is 36.5 Å². The van der Waals surface area contributed by atoms with Gasteiger partial charge in [-0.25, -0.2) is 0 Å². The molecule has 0 amide bonds. The maximum Gasteiger partial charge on any atom is 0.0511 e. The van der Waals surface area contributed by atoms with Gasteiger partial charge in [-0.1, -0.05) is 6.07 Å². The summed E-state index contributed by atoms with van der Waals surface area (Å²) in [5, 5.41) is 0. The summed E-state index contributed by atoms with van der Waals surface area (Å²) in [6.07, 6.45) is 3.63. The van der Waals surface area contributed by atoms with Crippen LogP contribution in [-0.4, -0.2) is 12.0 Å². The van der Waals surface area contributed by atoms with Crippen molar-refractivity contribution in [3.8, 4) is 0 Å². The lowest BCUT2D eigenvalue weighted by molar-refractivity contribution is 0.816. The van der Waals surface area contributed by atoms with E-state index < -0.39 is 0 Å². The molecular weight excluding hydrogens is 302 g/mol. The average Bonchev–Trinajstić information content (AvgIpc) is 2.39. The summed E-state index contributed by atoms with van der Waals surface area (Å²) < 4.78 is 1.07. The van der Waals surface area contributed by atoms with Crippen LogP contribution in [0.25, 0.3) is 0 Å². The number of aromatic nitrogens is 1. The van der Waals surface area contributed by atoms with Crippen LogP contribution >= 0.6 is 15.9 Å². The molecule has 0 radical (unpaired) electrons. The summed E-state index contributed by atoms with van der Waals surface area (Å²) in [6.45, 7) is 2.83. The fourth-order valence-corrected chi connectivity index (χ4v) is 2.66. The van der Waals surface area contributed by atoms with Crippen molar-refractivity contribution >= 4 is 21.6 Å². The molecule has 2 aromatic rings. The number of rotatable bonds is 4. The van der Waals surface area contributed by atoms with E-state index in [1.165, 1.54) is 5.56 Å². The van der Waals surface area contributed by atoms with Crippen LogP contribution in [-0.2, 0) is 6.54 Å². The summed E-state index contributed by atoms with van der Waals surface area (Å²) in [4.78, 5) is 6.23. The number of hydrogen-bond acceptors (Lipinski definition) is 3. The lowest BCUT2D eigenvalue weighted by Gasteiger charge is -2.21. The molecule has 1 heterocycles. The molecule has 1 aromatic carbocycles.